The molecule has 7 nitrogen and oxygen atoms in total. The van der Waals surface area contributed by atoms with Crippen LogP contribution in [0.5, 0.6) is 0 Å². The Morgan fingerprint density at radius 3 is 2.85 bits per heavy atom. The van der Waals surface area contributed by atoms with Crippen molar-refractivity contribution in [3.8, 4) is 5.69 Å². The molecule has 0 spiro atoms. The lowest BCUT2D eigenvalue weighted by atomic mass is 10.3. The Labute approximate surface area is 160 Å². The number of aromatic nitrogens is 2. The molecule has 144 valence electrons. The molecule has 1 aliphatic rings. The number of hydrogen-bond donors (Lipinski definition) is 2. The smallest absolute Gasteiger partial charge is 0.222 e. The summed E-state index contributed by atoms with van der Waals surface area (Å²) in [6.07, 6.45) is 5.35. The predicted octanol–water partition coefficient (Wildman–Crippen LogP) is 1.94. The molecular formula is C20H28N6O. The van der Waals surface area contributed by atoms with Crippen molar-refractivity contribution >= 4 is 11.9 Å². The van der Waals surface area contributed by atoms with Gasteiger partial charge in [0.15, 0.2) is 5.96 Å². The number of nitrogens with zero attached hydrogens (tertiary/aromatic N) is 4. The molecule has 3 rings (SSSR count). The summed E-state index contributed by atoms with van der Waals surface area (Å²) in [5, 5.41) is 11.2. The Morgan fingerprint density at radius 2 is 2.11 bits per heavy atom. The number of rotatable bonds is 6. The quantitative estimate of drug-likeness (QED) is 0.604. The second-order valence-electron chi connectivity index (χ2n) is 6.65. The van der Waals surface area contributed by atoms with Gasteiger partial charge in [0.05, 0.1) is 18.4 Å². The number of nitrogens with one attached hydrogen (secondary N) is 2. The first kappa shape index (κ1) is 18.9. The van der Waals surface area contributed by atoms with Gasteiger partial charge in [-0.25, -0.2) is 9.67 Å². The van der Waals surface area contributed by atoms with Gasteiger partial charge in [-0.05, 0) is 25.5 Å². The van der Waals surface area contributed by atoms with Crippen LogP contribution < -0.4 is 10.6 Å². The van der Waals surface area contributed by atoms with Crippen molar-refractivity contribution in [1.29, 1.82) is 0 Å². The Hall–Kier alpha value is -2.83. The van der Waals surface area contributed by atoms with Gasteiger partial charge < -0.3 is 15.5 Å². The van der Waals surface area contributed by atoms with Gasteiger partial charge in [0.1, 0.15) is 0 Å². The molecule has 1 aromatic heterocycles. The summed E-state index contributed by atoms with van der Waals surface area (Å²) in [5.74, 6) is 0.996. The summed E-state index contributed by atoms with van der Waals surface area (Å²) in [7, 11) is 0. The number of aliphatic imine (C=N–C) groups is 1. The third-order valence-corrected chi connectivity index (χ3v) is 4.61. The molecule has 1 amide bonds. The summed E-state index contributed by atoms with van der Waals surface area (Å²) in [6.45, 7) is 6.85. The van der Waals surface area contributed by atoms with Crippen LogP contribution in [0.25, 0.3) is 5.69 Å². The number of hydrogen-bond acceptors (Lipinski definition) is 3. The van der Waals surface area contributed by atoms with Crippen LogP contribution in [0.2, 0.25) is 0 Å². The summed E-state index contributed by atoms with van der Waals surface area (Å²) in [4.78, 5) is 18.4. The van der Waals surface area contributed by atoms with E-state index in [1.54, 1.807) is 0 Å². The standard InChI is InChI=1S/C20H28N6O/c1-3-19(27)25-11-10-17(15-25)24-20(21-4-2)22-12-16-13-23-26(14-16)18-8-6-5-7-9-18/h5-9,13-14,17H,3-4,10-12,15H2,1-2H3,(H2,21,22,24). The normalized spacial score (nSPS) is 17.2. The lowest BCUT2D eigenvalue weighted by Crippen LogP contribution is -2.45. The lowest BCUT2D eigenvalue weighted by Gasteiger charge is -2.18. The van der Waals surface area contributed by atoms with Crippen LogP contribution >= 0.6 is 0 Å². The molecule has 0 aliphatic carbocycles. The van der Waals surface area contributed by atoms with E-state index < -0.39 is 0 Å². The van der Waals surface area contributed by atoms with Crippen LogP contribution in [-0.4, -0.2) is 52.2 Å². The molecule has 0 radical (unpaired) electrons. The van der Waals surface area contributed by atoms with E-state index in [-0.39, 0.29) is 11.9 Å². The van der Waals surface area contributed by atoms with Gasteiger partial charge >= 0.3 is 0 Å². The number of carbonyl (C=O) groups is 1. The van der Waals surface area contributed by atoms with E-state index in [0.29, 0.717) is 13.0 Å². The molecule has 7 heteroatoms. The van der Waals surface area contributed by atoms with E-state index in [4.69, 9.17) is 0 Å². The zero-order valence-electron chi connectivity index (χ0n) is 16.1. The average molecular weight is 368 g/mol. The number of likely N-dealkylation sites (tertiary alicyclic amines) is 1. The summed E-state index contributed by atoms with van der Waals surface area (Å²) >= 11 is 0. The molecule has 2 heterocycles. The molecule has 2 N–H and O–H groups in total. The van der Waals surface area contributed by atoms with Crippen molar-refractivity contribution in [3.63, 3.8) is 0 Å². The first-order valence-electron chi connectivity index (χ1n) is 9.61. The summed E-state index contributed by atoms with van der Waals surface area (Å²) in [6, 6.07) is 10.3. The van der Waals surface area contributed by atoms with Gasteiger partial charge in [-0.3, -0.25) is 4.79 Å². The van der Waals surface area contributed by atoms with E-state index in [1.807, 2.05) is 66.2 Å². The highest BCUT2D eigenvalue weighted by Crippen LogP contribution is 2.11. The van der Waals surface area contributed by atoms with E-state index in [0.717, 1.165) is 43.3 Å². The predicted molar refractivity (Wildman–Crippen MR) is 107 cm³/mol. The zero-order valence-corrected chi connectivity index (χ0v) is 16.1. The Kier molecular flexibility index (Phi) is 6.46. The second kappa shape index (κ2) is 9.21. The summed E-state index contributed by atoms with van der Waals surface area (Å²) < 4.78 is 1.86. The zero-order chi connectivity index (χ0) is 19.1. The van der Waals surface area contributed by atoms with Gasteiger partial charge in [-0.15, -0.1) is 0 Å². The SMILES string of the molecule is CCNC(=NCc1cnn(-c2ccccc2)c1)NC1CCN(C(=O)CC)C1. The van der Waals surface area contributed by atoms with Crippen molar-refractivity contribution in [1.82, 2.24) is 25.3 Å². The highest BCUT2D eigenvalue weighted by atomic mass is 16.2. The van der Waals surface area contributed by atoms with E-state index in [9.17, 15) is 4.79 Å². The third kappa shape index (κ3) is 5.09. The molecule has 1 saturated heterocycles. The van der Waals surface area contributed by atoms with Crippen LogP contribution in [-0.2, 0) is 11.3 Å². The maximum Gasteiger partial charge on any atom is 0.222 e. The number of benzene rings is 1. The average Bonchev–Trinajstić information content (AvgIpc) is 3.36. The summed E-state index contributed by atoms with van der Waals surface area (Å²) in [5.41, 5.74) is 2.08. The minimum absolute atomic E-state index is 0.217. The topological polar surface area (TPSA) is 74.6 Å². The maximum atomic E-state index is 11.8. The minimum atomic E-state index is 0.217. The first-order valence-corrected chi connectivity index (χ1v) is 9.61. The van der Waals surface area contributed by atoms with Gasteiger partial charge in [0, 0.05) is 43.9 Å². The molecule has 2 aromatic rings. The molecule has 1 fully saturated rings. The Balaban J connectivity index is 1.60. The van der Waals surface area contributed by atoms with Crippen LogP contribution in [0, 0.1) is 0 Å². The van der Waals surface area contributed by atoms with Crippen molar-refractivity contribution in [3.05, 3.63) is 48.3 Å². The van der Waals surface area contributed by atoms with Gasteiger partial charge in [-0.2, -0.15) is 5.10 Å². The van der Waals surface area contributed by atoms with E-state index in [1.165, 1.54) is 0 Å². The van der Waals surface area contributed by atoms with Crippen LogP contribution in [0.3, 0.4) is 0 Å². The van der Waals surface area contributed by atoms with Gasteiger partial charge in [0.25, 0.3) is 0 Å². The number of guanidine groups is 1. The van der Waals surface area contributed by atoms with Crippen molar-refractivity contribution in [2.24, 2.45) is 4.99 Å². The molecular weight excluding hydrogens is 340 g/mol. The van der Waals surface area contributed by atoms with Crippen molar-refractivity contribution < 1.29 is 4.79 Å². The van der Waals surface area contributed by atoms with E-state index >= 15 is 0 Å². The fraction of sp³-hybridized carbons (Fsp3) is 0.450. The minimum Gasteiger partial charge on any atom is -0.357 e. The lowest BCUT2D eigenvalue weighted by molar-refractivity contribution is -0.129. The van der Waals surface area contributed by atoms with E-state index in [2.05, 4.69) is 20.7 Å². The van der Waals surface area contributed by atoms with Crippen LogP contribution in [0.15, 0.2) is 47.7 Å². The molecule has 27 heavy (non-hydrogen) atoms. The fourth-order valence-corrected chi connectivity index (χ4v) is 3.18. The first-order chi connectivity index (χ1) is 13.2. The van der Waals surface area contributed by atoms with Crippen LogP contribution in [0.1, 0.15) is 32.3 Å². The third-order valence-electron chi connectivity index (χ3n) is 4.61. The number of para-hydroxylation sites is 1. The monoisotopic (exact) mass is 368 g/mol. The van der Waals surface area contributed by atoms with Gasteiger partial charge in [0.2, 0.25) is 5.91 Å². The Morgan fingerprint density at radius 1 is 1.30 bits per heavy atom. The largest absolute Gasteiger partial charge is 0.357 e. The Bertz CT molecular complexity index is 770. The highest BCUT2D eigenvalue weighted by Gasteiger charge is 2.25. The van der Waals surface area contributed by atoms with Crippen LogP contribution in [0.4, 0.5) is 0 Å². The number of amides is 1. The number of carbonyl (C=O) groups excluding carboxylic acids is 1. The van der Waals surface area contributed by atoms with Crippen molar-refractivity contribution in [2.45, 2.75) is 39.3 Å². The molecule has 1 aliphatic heterocycles. The maximum absolute atomic E-state index is 11.8. The van der Waals surface area contributed by atoms with Crippen molar-refractivity contribution in [2.75, 3.05) is 19.6 Å². The van der Waals surface area contributed by atoms with Gasteiger partial charge in [-0.1, -0.05) is 25.1 Å². The second-order valence-corrected chi connectivity index (χ2v) is 6.65. The molecule has 0 saturated carbocycles. The molecule has 1 unspecified atom stereocenters. The highest BCUT2D eigenvalue weighted by molar-refractivity contribution is 5.80. The molecule has 1 atom stereocenters. The molecule has 1 aromatic carbocycles. The fourth-order valence-electron chi connectivity index (χ4n) is 3.18. The molecule has 0 bridgehead atoms.